The molecule has 0 bridgehead atoms. The third kappa shape index (κ3) is 3.25. The number of nitrogens with zero attached hydrogens (tertiary/aromatic N) is 2. The molecule has 2 N–H and O–H groups in total. The molecular formula is C24H27N3O5S. The average Bonchev–Trinajstić information content (AvgIpc) is 3.20. The van der Waals surface area contributed by atoms with Crippen LogP contribution in [0.1, 0.15) is 30.6 Å². The van der Waals surface area contributed by atoms with E-state index in [1.54, 1.807) is 42.3 Å². The Kier molecular flexibility index (Phi) is 5.23. The normalized spacial score (nSPS) is 20.0. The lowest BCUT2D eigenvalue weighted by atomic mass is 9.69. The number of sulfonamides is 1. The summed E-state index contributed by atoms with van der Waals surface area (Å²) in [6.45, 7) is 2.52. The minimum Gasteiger partial charge on any atom is -0.497 e. The van der Waals surface area contributed by atoms with Gasteiger partial charge in [-0.3, -0.25) is 4.79 Å². The SMILES string of the molecule is CCC(=O)N1CC2(C1)CN(S(=O)(=O)c1ccccc1)[C@@H](CO)c1[nH]c3cc(OC)ccc3c12. The number of aromatic amines is 1. The van der Waals surface area contributed by atoms with Gasteiger partial charge in [-0.1, -0.05) is 25.1 Å². The van der Waals surface area contributed by atoms with Gasteiger partial charge in [-0.2, -0.15) is 4.31 Å². The van der Waals surface area contributed by atoms with Crippen LogP contribution >= 0.6 is 0 Å². The number of amides is 1. The number of H-pyrrole nitrogens is 1. The first-order chi connectivity index (χ1) is 15.8. The van der Waals surface area contributed by atoms with Gasteiger partial charge in [0.2, 0.25) is 15.9 Å². The highest BCUT2D eigenvalue weighted by molar-refractivity contribution is 7.89. The Balaban J connectivity index is 1.69. The molecule has 174 valence electrons. The molecule has 0 unspecified atom stereocenters. The summed E-state index contributed by atoms with van der Waals surface area (Å²) >= 11 is 0. The zero-order chi connectivity index (χ0) is 23.4. The van der Waals surface area contributed by atoms with Gasteiger partial charge in [0.25, 0.3) is 0 Å². The van der Waals surface area contributed by atoms with Crippen LogP contribution in [0.4, 0.5) is 0 Å². The van der Waals surface area contributed by atoms with E-state index < -0.39 is 21.5 Å². The molecule has 1 spiro atoms. The Morgan fingerprint density at radius 3 is 2.55 bits per heavy atom. The highest BCUT2D eigenvalue weighted by Crippen LogP contribution is 2.50. The maximum Gasteiger partial charge on any atom is 0.243 e. The fourth-order valence-electron chi connectivity index (χ4n) is 5.28. The Morgan fingerprint density at radius 2 is 1.91 bits per heavy atom. The maximum atomic E-state index is 13.7. The molecule has 2 aliphatic heterocycles. The largest absolute Gasteiger partial charge is 0.497 e. The van der Waals surface area contributed by atoms with E-state index in [4.69, 9.17) is 4.74 Å². The number of aliphatic hydroxyl groups is 1. The molecule has 5 rings (SSSR count). The Labute approximate surface area is 192 Å². The van der Waals surface area contributed by atoms with Gasteiger partial charge in [-0.25, -0.2) is 8.42 Å². The number of carbonyl (C=O) groups is 1. The van der Waals surface area contributed by atoms with Gasteiger partial charge in [0.05, 0.1) is 24.7 Å². The number of hydrogen-bond acceptors (Lipinski definition) is 5. The van der Waals surface area contributed by atoms with Crippen LogP contribution in [0.5, 0.6) is 5.75 Å². The molecule has 0 radical (unpaired) electrons. The third-order valence-electron chi connectivity index (χ3n) is 6.87. The Hall–Kier alpha value is -2.88. The number of benzene rings is 2. The molecule has 8 nitrogen and oxygen atoms in total. The first-order valence-electron chi connectivity index (χ1n) is 11.0. The summed E-state index contributed by atoms with van der Waals surface area (Å²) in [4.78, 5) is 17.7. The van der Waals surface area contributed by atoms with E-state index in [9.17, 15) is 18.3 Å². The van der Waals surface area contributed by atoms with Crippen molar-refractivity contribution < 1.29 is 23.1 Å². The molecule has 0 saturated carbocycles. The minimum absolute atomic E-state index is 0.0467. The summed E-state index contributed by atoms with van der Waals surface area (Å²) in [6.07, 6.45) is 0.402. The molecule has 1 amide bonds. The molecule has 1 fully saturated rings. The third-order valence-corrected chi connectivity index (χ3v) is 8.74. The van der Waals surface area contributed by atoms with Crippen LogP contribution in [0.25, 0.3) is 10.9 Å². The van der Waals surface area contributed by atoms with Gasteiger partial charge in [0.15, 0.2) is 0 Å². The lowest BCUT2D eigenvalue weighted by molar-refractivity contribution is -0.139. The lowest BCUT2D eigenvalue weighted by Gasteiger charge is -2.55. The second-order valence-corrected chi connectivity index (χ2v) is 10.7. The smallest absolute Gasteiger partial charge is 0.243 e. The zero-order valence-electron chi connectivity index (χ0n) is 18.6. The second kappa shape index (κ2) is 7.86. The van der Waals surface area contributed by atoms with Crippen LogP contribution in [-0.4, -0.2) is 67.0 Å². The van der Waals surface area contributed by atoms with E-state index in [-0.39, 0.29) is 24.0 Å². The minimum atomic E-state index is -3.88. The van der Waals surface area contributed by atoms with Gasteiger partial charge in [-0.05, 0) is 29.8 Å². The number of fused-ring (bicyclic) bond motifs is 4. The zero-order valence-corrected chi connectivity index (χ0v) is 19.4. The van der Waals surface area contributed by atoms with Gasteiger partial charge in [0.1, 0.15) is 5.75 Å². The number of carbonyl (C=O) groups excluding carboxylic acids is 1. The number of methoxy groups -OCH3 is 1. The monoisotopic (exact) mass is 469 g/mol. The second-order valence-electron chi connectivity index (χ2n) is 8.77. The van der Waals surface area contributed by atoms with E-state index >= 15 is 0 Å². The maximum absolute atomic E-state index is 13.7. The number of aromatic nitrogens is 1. The van der Waals surface area contributed by atoms with Crippen molar-refractivity contribution in [2.24, 2.45) is 0 Å². The Morgan fingerprint density at radius 1 is 1.18 bits per heavy atom. The number of hydrogen-bond donors (Lipinski definition) is 2. The molecule has 3 aromatic rings. The molecule has 1 saturated heterocycles. The van der Waals surface area contributed by atoms with Crippen molar-refractivity contribution in [1.29, 1.82) is 0 Å². The Bertz CT molecular complexity index is 1310. The van der Waals surface area contributed by atoms with Crippen molar-refractivity contribution in [2.45, 2.75) is 29.7 Å². The van der Waals surface area contributed by atoms with E-state index in [0.717, 1.165) is 16.5 Å². The molecule has 9 heteroatoms. The number of rotatable bonds is 5. The summed E-state index contributed by atoms with van der Waals surface area (Å²) in [6, 6.07) is 13.2. The van der Waals surface area contributed by atoms with Gasteiger partial charge in [-0.15, -0.1) is 0 Å². The molecule has 33 heavy (non-hydrogen) atoms. The van der Waals surface area contributed by atoms with E-state index in [1.165, 1.54) is 4.31 Å². The van der Waals surface area contributed by atoms with Crippen molar-refractivity contribution in [2.75, 3.05) is 33.4 Å². The van der Waals surface area contributed by atoms with Crippen LogP contribution < -0.4 is 4.74 Å². The van der Waals surface area contributed by atoms with Crippen LogP contribution in [-0.2, 0) is 20.2 Å². The van der Waals surface area contributed by atoms with E-state index in [1.807, 2.05) is 25.1 Å². The standard InChI is InChI=1S/C24H27N3O5S/c1-3-21(29)26-13-24(14-26)15-27(33(30,31)17-7-5-4-6-8-17)20(12-28)23-22(24)18-10-9-16(32-2)11-19(18)25-23/h4-11,20,25,28H,3,12-15H2,1-2H3/t20-/m0/s1. The summed E-state index contributed by atoms with van der Waals surface area (Å²) in [5, 5.41) is 11.3. The summed E-state index contributed by atoms with van der Waals surface area (Å²) in [5.41, 5.74) is 1.92. The van der Waals surface area contributed by atoms with Crippen LogP contribution in [0, 0.1) is 0 Å². The molecule has 1 aromatic heterocycles. The fraction of sp³-hybridized carbons (Fsp3) is 0.375. The highest BCUT2D eigenvalue weighted by Gasteiger charge is 2.56. The molecule has 2 aliphatic rings. The summed E-state index contributed by atoms with van der Waals surface area (Å²) in [5.74, 6) is 0.728. The van der Waals surface area contributed by atoms with Crippen LogP contribution in [0.15, 0.2) is 53.4 Å². The summed E-state index contributed by atoms with van der Waals surface area (Å²) < 4.78 is 34.1. The summed E-state index contributed by atoms with van der Waals surface area (Å²) in [7, 11) is -2.29. The lowest BCUT2D eigenvalue weighted by Crippen LogP contribution is -2.68. The molecule has 0 aliphatic carbocycles. The van der Waals surface area contributed by atoms with Gasteiger partial charge in [0, 0.05) is 54.1 Å². The van der Waals surface area contributed by atoms with Crippen LogP contribution in [0.3, 0.4) is 0 Å². The van der Waals surface area contributed by atoms with E-state index in [0.29, 0.717) is 31.0 Å². The molecule has 2 aromatic carbocycles. The average molecular weight is 470 g/mol. The van der Waals surface area contributed by atoms with Crippen molar-refractivity contribution in [3.8, 4) is 5.75 Å². The van der Waals surface area contributed by atoms with Crippen molar-refractivity contribution >= 4 is 26.8 Å². The molecule has 1 atom stereocenters. The van der Waals surface area contributed by atoms with E-state index in [2.05, 4.69) is 4.98 Å². The number of likely N-dealkylation sites (tertiary alicyclic amines) is 1. The quantitative estimate of drug-likeness (QED) is 0.597. The van der Waals surface area contributed by atoms with Crippen molar-refractivity contribution in [3.05, 3.63) is 59.8 Å². The number of ether oxygens (including phenoxy) is 1. The number of nitrogens with one attached hydrogen (secondary N) is 1. The van der Waals surface area contributed by atoms with Gasteiger partial charge < -0.3 is 19.7 Å². The first-order valence-corrected chi connectivity index (χ1v) is 12.4. The topological polar surface area (TPSA) is 103 Å². The predicted octanol–water partition coefficient (Wildman–Crippen LogP) is 2.40. The highest BCUT2D eigenvalue weighted by atomic mass is 32.2. The number of aliphatic hydroxyl groups excluding tert-OH is 1. The van der Waals surface area contributed by atoms with Crippen LogP contribution in [0.2, 0.25) is 0 Å². The molecule has 3 heterocycles. The van der Waals surface area contributed by atoms with Crippen molar-refractivity contribution in [1.82, 2.24) is 14.2 Å². The molecular weight excluding hydrogens is 442 g/mol. The van der Waals surface area contributed by atoms with Crippen molar-refractivity contribution in [3.63, 3.8) is 0 Å². The predicted molar refractivity (Wildman–Crippen MR) is 124 cm³/mol. The first kappa shape index (κ1) is 21.9. The van der Waals surface area contributed by atoms with Gasteiger partial charge >= 0.3 is 0 Å². The fourth-order valence-corrected chi connectivity index (χ4v) is 6.98.